The Kier molecular flexibility index (Phi) is 7.79. The number of carbonyl (C=O) groups is 1. The van der Waals surface area contributed by atoms with Gasteiger partial charge in [-0.1, -0.05) is 13.8 Å². The van der Waals surface area contributed by atoms with Gasteiger partial charge < -0.3 is 20.3 Å². The molecule has 0 aromatic heterocycles. The van der Waals surface area contributed by atoms with Gasteiger partial charge in [-0.2, -0.15) is 0 Å². The van der Waals surface area contributed by atoms with E-state index in [4.69, 9.17) is 4.74 Å². The highest BCUT2D eigenvalue weighted by Crippen LogP contribution is 2.14. The predicted octanol–water partition coefficient (Wildman–Crippen LogP) is 1.95. The van der Waals surface area contributed by atoms with Crippen molar-refractivity contribution in [3.63, 3.8) is 0 Å². The van der Waals surface area contributed by atoms with Crippen molar-refractivity contribution in [2.45, 2.75) is 26.8 Å². The molecule has 0 bridgehead atoms. The molecule has 0 heterocycles. The predicted molar refractivity (Wildman–Crippen MR) is 86.9 cm³/mol. The van der Waals surface area contributed by atoms with Gasteiger partial charge in [0.1, 0.15) is 5.75 Å². The number of nitrogens with zero attached hydrogens (tertiary/aromatic N) is 1. The first kappa shape index (κ1) is 17.5. The van der Waals surface area contributed by atoms with E-state index < -0.39 is 0 Å². The zero-order valence-electron chi connectivity index (χ0n) is 13.5. The van der Waals surface area contributed by atoms with E-state index in [1.54, 1.807) is 7.11 Å². The number of benzene rings is 1. The molecule has 1 unspecified atom stereocenters. The number of amides is 1. The summed E-state index contributed by atoms with van der Waals surface area (Å²) in [6, 6.07) is 7.59. The molecule has 1 aromatic rings. The summed E-state index contributed by atoms with van der Waals surface area (Å²) in [7, 11) is 1.62. The lowest BCUT2D eigenvalue weighted by molar-refractivity contribution is -0.115. The molecule has 0 spiro atoms. The van der Waals surface area contributed by atoms with Gasteiger partial charge in [0, 0.05) is 18.3 Å². The Morgan fingerprint density at radius 2 is 1.86 bits per heavy atom. The Morgan fingerprint density at radius 3 is 2.38 bits per heavy atom. The van der Waals surface area contributed by atoms with Crippen LogP contribution < -0.4 is 15.4 Å². The minimum Gasteiger partial charge on any atom is -0.497 e. The third kappa shape index (κ3) is 6.60. The number of ether oxygens (including phenoxy) is 1. The summed E-state index contributed by atoms with van der Waals surface area (Å²) in [5.74, 6) is 0.741. The van der Waals surface area contributed by atoms with E-state index in [2.05, 4.69) is 36.3 Å². The van der Waals surface area contributed by atoms with Crippen LogP contribution in [-0.4, -0.2) is 50.1 Å². The van der Waals surface area contributed by atoms with Crippen molar-refractivity contribution in [3.8, 4) is 5.75 Å². The molecule has 0 aliphatic carbocycles. The van der Waals surface area contributed by atoms with Crippen molar-refractivity contribution in [3.05, 3.63) is 24.3 Å². The number of carbonyl (C=O) groups excluding carboxylic acids is 1. The van der Waals surface area contributed by atoms with Crippen LogP contribution in [0.15, 0.2) is 24.3 Å². The monoisotopic (exact) mass is 293 g/mol. The standard InChI is InChI=1S/C16H27N3O2/c1-5-19(6-2)12-13(3)17-11-16(20)18-14-7-9-15(21-4)10-8-14/h7-10,13,17H,5-6,11-12H2,1-4H3,(H,18,20). The molecule has 0 saturated heterocycles. The van der Waals surface area contributed by atoms with Gasteiger partial charge in [0.05, 0.1) is 13.7 Å². The molecule has 1 amide bonds. The number of hydrogen-bond donors (Lipinski definition) is 2. The van der Waals surface area contributed by atoms with Gasteiger partial charge in [0.2, 0.25) is 5.91 Å². The molecule has 21 heavy (non-hydrogen) atoms. The van der Waals surface area contributed by atoms with Crippen molar-refractivity contribution in [1.29, 1.82) is 0 Å². The molecule has 1 atom stereocenters. The van der Waals surface area contributed by atoms with Gasteiger partial charge in [-0.25, -0.2) is 0 Å². The highest BCUT2D eigenvalue weighted by molar-refractivity contribution is 5.92. The molecule has 5 heteroatoms. The van der Waals surface area contributed by atoms with E-state index in [1.807, 2.05) is 24.3 Å². The lowest BCUT2D eigenvalue weighted by Crippen LogP contribution is -2.42. The number of methoxy groups -OCH3 is 1. The summed E-state index contributed by atoms with van der Waals surface area (Å²) in [6.45, 7) is 9.70. The van der Waals surface area contributed by atoms with E-state index in [0.717, 1.165) is 31.1 Å². The first-order valence-corrected chi connectivity index (χ1v) is 7.48. The molecule has 5 nitrogen and oxygen atoms in total. The van der Waals surface area contributed by atoms with Gasteiger partial charge in [0.15, 0.2) is 0 Å². The summed E-state index contributed by atoms with van der Waals surface area (Å²) >= 11 is 0. The van der Waals surface area contributed by atoms with Crippen molar-refractivity contribution < 1.29 is 9.53 Å². The molecule has 0 aliphatic rings. The van der Waals surface area contributed by atoms with Crippen molar-refractivity contribution in [2.24, 2.45) is 0 Å². The van der Waals surface area contributed by atoms with E-state index in [-0.39, 0.29) is 11.9 Å². The molecule has 2 N–H and O–H groups in total. The largest absolute Gasteiger partial charge is 0.497 e. The Balaban J connectivity index is 2.32. The molecule has 1 aromatic carbocycles. The second-order valence-corrected chi connectivity index (χ2v) is 5.04. The summed E-state index contributed by atoms with van der Waals surface area (Å²) in [4.78, 5) is 14.2. The van der Waals surface area contributed by atoms with Crippen LogP contribution in [0.4, 0.5) is 5.69 Å². The van der Waals surface area contributed by atoms with Crippen LogP contribution in [0.1, 0.15) is 20.8 Å². The maximum Gasteiger partial charge on any atom is 0.238 e. The van der Waals surface area contributed by atoms with Gasteiger partial charge in [0.25, 0.3) is 0 Å². The Hall–Kier alpha value is -1.59. The smallest absolute Gasteiger partial charge is 0.238 e. The van der Waals surface area contributed by atoms with Crippen LogP contribution in [0.2, 0.25) is 0 Å². The number of anilines is 1. The minimum atomic E-state index is -0.0356. The van der Waals surface area contributed by atoms with Gasteiger partial charge >= 0.3 is 0 Å². The number of nitrogens with one attached hydrogen (secondary N) is 2. The average Bonchev–Trinajstić information content (AvgIpc) is 2.51. The normalized spacial score (nSPS) is 12.2. The van der Waals surface area contributed by atoms with Crippen molar-refractivity contribution in [2.75, 3.05) is 38.6 Å². The van der Waals surface area contributed by atoms with Crippen LogP contribution >= 0.6 is 0 Å². The molecule has 1 rings (SSSR count). The summed E-state index contributed by atoms with van der Waals surface area (Å²) in [5.41, 5.74) is 0.777. The van der Waals surface area contributed by atoms with E-state index >= 15 is 0 Å². The Morgan fingerprint density at radius 1 is 1.24 bits per heavy atom. The molecule has 0 aliphatic heterocycles. The van der Waals surface area contributed by atoms with Crippen LogP contribution in [-0.2, 0) is 4.79 Å². The first-order chi connectivity index (χ1) is 10.1. The summed E-state index contributed by atoms with van der Waals surface area (Å²) < 4.78 is 5.08. The van der Waals surface area contributed by atoms with Gasteiger partial charge in [-0.05, 0) is 44.3 Å². The van der Waals surface area contributed by atoms with Crippen LogP contribution in [0.5, 0.6) is 5.75 Å². The number of likely N-dealkylation sites (N-methyl/N-ethyl adjacent to an activating group) is 1. The first-order valence-electron chi connectivity index (χ1n) is 7.48. The van der Waals surface area contributed by atoms with Crippen LogP contribution in [0.25, 0.3) is 0 Å². The van der Waals surface area contributed by atoms with Gasteiger partial charge in [-0.3, -0.25) is 4.79 Å². The lowest BCUT2D eigenvalue weighted by atomic mass is 10.3. The minimum absolute atomic E-state index is 0.0356. The number of rotatable bonds is 9. The molecule has 0 saturated carbocycles. The van der Waals surface area contributed by atoms with E-state index in [0.29, 0.717) is 6.54 Å². The summed E-state index contributed by atoms with van der Waals surface area (Å²) in [6.07, 6.45) is 0. The van der Waals surface area contributed by atoms with Crippen molar-refractivity contribution in [1.82, 2.24) is 10.2 Å². The van der Waals surface area contributed by atoms with E-state index in [9.17, 15) is 4.79 Å². The molecular formula is C16H27N3O2. The van der Waals surface area contributed by atoms with Crippen molar-refractivity contribution >= 4 is 11.6 Å². The topological polar surface area (TPSA) is 53.6 Å². The molecule has 0 radical (unpaired) electrons. The van der Waals surface area contributed by atoms with E-state index in [1.165, 1.54) is 0 Å². The lowest BCUT2D eigenvalue weighted by Gasteiger charge is -2.23. The molecular weight excluding hydrogens is 266 g/mol. The maximum absolute atomic E-state index is 11.9. The molecule has 0 fully saturated rings. The van der Waals surface area contributed by atoms with Crippen LogP contribution in [0, 0.1) is 0 Å². The Labute approximate surface area is 127 Å². The third-order valence-corrected chi connectivity index (χ3v) is 3.41. The maximum atomic E-state index is 11.9. The second kappa shape index (κ2) is 9.37. The fourth-order valence-electron chi connectivity index (χ4n) is 2.08. The zero-order valence-corrected chi connectivity index (χ0v) is 13.5. The van der Waals surface area contributed by atoms with Gasteiger partial charge in [-0.15, -0.1) is 0 Å². The molecule has 118 valence electrons. The Bertz CT molecular complexity index is 416. The third-order valence-electron chi connectivity index (χ3n) is 3.41. The second-order valence-electron chi connectivity index (χ2n) is 5.04. The fraction of sp³-hybridized carbons (Fsp3) is 0.562. The average molecular weight is 293 g/mol. The zero-order chi connectivity index (χ0) is 15.7. The quantitative estimate of drug-likeness (QED) is 0.731. The highest BCUT2D eigenvalue weighted by atomic mass is 16.5. The van der Waals surface area contributed by atoms with Crippen LogP contribution in [0.3, 0.4) is 0 Å². The number of hydrogen-bond acceptors (Lipinski definition) is 4. The highest BCUT2D eigenvalue weighted by Gasteiger charge is 2.09. The fourth-order valence-corrected chi connectivity index (χ4v) is 2.08. The summed E-state index contributed by atoms with van der Waals surface area (Å²) in [5, 5.41) is 6.11. The SMILES string of the molecule is CCN(CC)CC(C)NCC(=O)Nc1ccc(OC)cc1.